The molecule has 2 aromatic carbocycles. The second kappa shape index (κ2) is 32.1. The Morgan fingerprint density at radius 1 is 0.540 bits per heavy atom. The molecule has 23 heteroatoms. The van der Waals surface area contributed by atoms with E-state index in [2.05, 4.69) is 31.9 Å². The van der Waals surface area contributed by atoms with Crippen LogP contribution in [0.1, 0.15) is 148 Å². The highest BCUT2D eigenvalue weighted by molar-refractivity contribution is 6.00. The van der Waals surface area contributed by atoms with Gasteiger partial charge in [-0.15, -0.1) is 0 Å². The Hall–Kier alpha value is -7.98. The summed E-state index contributed by atoms with van der Waals surface area (Å²) in [7, 11) is 4.45. The molecule has 4 aromatic rings. The SMILES string of the molecule is CCC(C)[C@@H]1NC(=O)[C@H](Cc2cn(OC)c3ccccc23)NC(=O)[C@H](CCCCC=O)NC(=O)[C@H]2CCCCN2C1=O.CCC(C)[C@@H]1NC(=O)[C@H](Cc2cn(OC)c3ccccc23)NC(=O)[C@H](CCCCCC(=O)OC)NC(=O)[C@H]2CCCCN2C1=O. The molecular formula is C64H90N10O13. The fourth-order valence-electron chi connectivity index (χ4n) is 12.2. The number of carbonyl (C=O) groups excluding carboxylic acids is 10. The molecule has 10 atom stereocenters. The van der Waals surface area contributed by atoms with Gasteiger partial charge >= 0.3 is 5.97 Å². The number of ether oxygens (including phenoxy) is 1. The number of para-hydroxylation sites is 2. The summed E-state index contributed by atoms with van der Waals surface area (Å²) in [6.07, 6.45) is 14.2. The third kappa shape index (κ3) is 16.8. The van der Waals surface area contributed by atoms with Gasteiger partial charge in [0.1, 0.15) is 68.8 Å². The highest BCUT2D eigenvalue weighted by Crippen LogP contribution is 2.28. The molecular weight excluding hydrogens is 1120 g/mol. The molecule has 4 aliphatic heterocycles. The van der Waals surface area contributed by atoms with Gasteiger partial charge in [0, 0.05) is 61.9 Å². The van der Waals surface area contributed by atoms with Crippen LogP contribution in [-0.2, 0) is 65.5 Å². The Balaban J connectivity index is 0.000000249. The van der Waals surface area contributed by atoms with Crippen molar-refractivity contribution in [3.05, 3.63) is 72.1 Å². The van der Waals surface area contributed by atoms with Crippen molar-refractivity contribution in [3.8, 4) is 0 Å². The first-order valence-corrected chi connectivity index (χ1v) is 31.2. The molecule has 4 aliphatic rings. The van der Waals surface area contributed by atoms with Crippen LogP contribution in [0.5, 0.6) is 0 Å². The number of aromatic nitrogens is 2. The maximum Gasteiger partial charge on any atom is 0.305 e. The van der Waals surface area contributed by atoms with E-state index in [1.54, 1.807) is 45.9 Å². The van der Waals surface area contributed by atoms with Gasteiger partial charge in [-0.25, -0.2) is 0 Å². The van der Waals surface area contributed by atoms with Gasteiger partial charge in [0.05, 0.1) is 18.1 Å². The lowest BCUT2D eigenvalue weighted by Crippen LogP contribution is -2.64. The minimum atomic E-state index is -1.02. The van der Waals surface area contributed by atoms with Gasteiger partial charge in [0.25, 0.3) is 0 Å². The van der Waals surface area contributed by atoms with Crippen LogP contribution in [0.15, 0.2) is 60.9 Å². The van der Waals surface area contributed by atoms with Crippen LogP contribution >= 0.6 is 0 Å². The molecule has 6 N–H and O–H groups in total. The number of fused-ring (bicyclic) bond motifs is 4. The first-order chi connectivity index (χ1) is 42.0. The second-order valence-corrected chi connectivity index (χ2v) is 23.5. The predicted octanol–water partition coefficient (Wildman–Crippen LogP) is 4.16. The van der Waals surface area contributed by atoms with Crippen LogP contribution in [0.2, 0.25) is 0 Å². The summed E-state index contributed by atoms with van der Waals surface area (Å²) in [6.45, 7) is 8.54. The maximum absolute atomic E-state index is 14.0. The average Bonchev–Trinajstić information content (AvgIpc) is 2.46. The summed E-state index contributed by atoms with van der Waals surface area (Å²) in [5.41, 5.74) is 3.20. The van der Waals surface area contributed by atoms with Crippen LogP contribution in [0.25, 0.3) is 21.8 Å². The monoisotopic (exact) mass is 1210 g/mol. The Bertz CT molecular complexity index is 3070. The number of piperidine rings is 2. The van der Waals surface area contributed by atoms with E-state index in [1.807, 2.05) is 76.2 Å². The van der Waals surface area contributed by atoms with Gasteiger partial charge in [-0.3, -0.25) is 43.2 Å². The van der Waals surface area contributed by atoms with Gasteiger partial charge in [0.15, 0.2) is 0 Å². The molecule has 8 amide bonds. The van der Waals surface area contributed by atoms with Crippen LogP contribution in [0.3, 0.4) is 0 Å². The number of nitrogens with zero attached hydrogens (tertiary/aromatic N) is 4. The van der Waals surface area contributed by atoms with E-state index in [0.717, 1.165) is 64.9 Å². The van der Waals surface area contributed by atoms with Crippen LogP contribution in [-0.4, -0.2) is 162 Å². The molecule has 0 aliphatic carbocycles. The van der Waals surface area contributed by atoms with Crippen LogP contribution in [0.4, 0.5) is 0 Å². The summed E-state index contributed by atoms with van der Waals surface area (Å²) in [5.74, 6) is -3.84. The Kier molecular flexibility index (Phi) is 24.6. The van der Waals surface area contributed by atoms with Crippen molar-refractivity contribution >= 4 is 81.3 Å². The lowest BCUT2D eigenvalue weighted by atomic mass is 9.93. The smallest absolute Gasteiger partial charge is 0.305 e. The van der Waals surface area contributed by atoms with Crippen molar-refractivity contribution in [3.63, 3.8) is 0 Å². The van der Waals surface area contributed by atoms with Crippen molar-refractivity contribution in [2.45, 2.75) is 198 Å². The van der Waals surface area contributed by atoms with E-state index in [9.17, 15) is 47.9 Å². The number of nitrogens with one attached hydrogen (secondary N) is 6. The number of carbonyl (C=O) groups is 10. The van der Waals surface area contributed by atoms with E-state index in [1.165, 1.54) is 7.11 Å². The molecule has 474 valence electrons. The first-order valence-electron chi connectivity index (χ1n) is 31.2. The third-order valence-electron chi connectivity index (χ3n) is 17.7. The number of hydrogen-bond acceptors (Lipinski definition) is 13. The molecule has 6 heterocycles. The lowest BCUT2D eigenvalue weighted by Gasteiger charge is -2.39. The lowest BCUT2D eigenvalue weighted by molar-refractivity contribution is -0.147. The van der Waals surface area contributed by atoms with Gasteiger partial charge < -0.3 is 60.9 Å². The summed E-state index contributed by atoms with van der Waals surface area (Å²) < 4.78 is 7.93. The van der Waals surface area contributed by atoms with E-state index >= 15 is 0 Å². The molecule has 23 nitrogen and oxygen atoms in total. The molecule has 0 radical (unpaired) electrons. The minimum absolute atomic E-state index is 0.141. The van der Waals surface area contributed by atoms with E-state index in [0.29, 0.717) is 90.1 Å². The largest absolute Gasteiger partial charge is 0.469 e. The molecule has 0 spiro atoms. The zero-order chi connectivity index (χ0) is 62.7. The molecule has 4 saturated heterocycles. The number of esters is 1. The number of hydrogen-bond donors (Lipinski definition) is 6. The molecule has 2 aromatic heterocycles. The Morgan fingerprint density at radius 2 is 0.954 bits per heavy atom. The van der Waals surface area contributed by atoms with E-state index in [4.69, 9.17) is 14.4 Å². The van der Waals surface area contributed by atoms with Crippen molar-refractivity contribution < 1.29 is 62.4 Å². The van der Waals surface area contributed by atoms with Gasteiger partial charge in [-0.2, -0.15) is 9.46 Å². The van der Waals surface area contributed by atoms with Crippen molar-refractivity contribution in [2.75, 3.05) is 34.4 Å². The van der Waals surface area contributed by atoms with Crippen molar-refractivity contribution in [1.82, 2.24) is 51.2 Å². The summed E-state index contributed by atoms with van der Waals surface area (Å²) in [5, 5.41) is 19.3. The number of benzene rings is 2. The zero-order valence-corrected chi connectivity index (χ0v) is 51.6. The summed E-state index contributed by atoms with van der Waals surface area (Å²) in [6, 6.07) is 8.22. The summed E-state index contributed by atoms with van der Waals surface area (Å²) in [4.78, 5) is 147. The molecule has 0 saturated carbocycles. The molecule has 0 bridgehead atoms. The van der Waals surface area contributed by atoms with E-state index in [-0.39, 0.29) is 60.7 Å². The maximum atomic E-state index is 14.0. The highest BCUT2D eigenvalue weighted by Gasteiger charge is 2.43. The zero-order valence-electron chi connectivity index (χ0n) is 51.6. The predicted molar refractivity (Wildman–Crippen MR) is 325 cm³/mol. The van der Waals surface area contributed by atoms with Gasteiger partial charge in [-0.05, 0) is 99.3 Å². The molecule has 2 unspecified atom stereocenters. The Morgan fingerprint density at radius 3 is 1.37 bits per heavy atom. The number of rotatable bonds is 21. The molecule has 4 fully saturated rings. The molecule has 87 heavy (non-hydrogen) atoms. The number of methoxy groups -OCH3 is 1. The van der Waals surface area contributed by atoms with E-state index < -0.39 is 72.0 Å². The van der Waals surface area contributed by atoms with Crippen LogP contribution < -0.4 is 41.6 Å². The topological polar surface area (TPSA) is 287 Å². The van der Waals surface area contributed by atoms with Crippen molar-refractivity contribution in [2.24, 2.45) is 11.8 Å². The number of aldehydes is 1. The first kappa shape index (κ1) is 66.5. The normalized spacial score (nSPS) is 24.0. The Labute approximate surface area is 509 Å². The van der Waals surface area contributed by atoms with Crippen molar-refractivity contribution in [1.29, 1.82) is 0 Å². The fraction of sp³-hybridized carbons (Fsp3) is 0.594. The standard InChI is InChI=1S/C33H47N5O7.C31H43N5O6/c1-5-21(2)29-33(43)37-18-12-11-16-27(37)32(42)34-24(14-7-6-8-17-28(39)44-3)30(40)35-25(31(41)36-29)19-22-20-38(45-4)26-15-10-9-13-23(22)26;1-4-20(2)27-31(41)35-16-10-9-15-26(35)30(40)32-23(13-6-5-11-17-37)28(38)33-24(29(39)34-27)18-21-19-36(42-3)25-14-8-7-12-22(21)25/h9-10,13,15,20-21,24-25,27,29H,5-8,11-12,14,16-19H2,1-4H3,(H,34,42)(H,35,40)(H,36,41);7-8,12,14,17,19-20,23-24,26-27H,4-6,9-11,13,15-16,18H2,1-3H3,(H,32,40)(H,33,38)(H,34,39)/t21?,24-,25-,27+,29-;20?,23-,24-,26+,27-/m00/s1. The number of amides is 8. The summed E-state index contributed by atoms with van der Waals surface area (Å²) >= 11 is 0. The highest BCUT2D eigenvalue weighted by atomic mass is 16.6. The molecule has 8 rings (SSSR count). The fourth-order valence-corrected chi connectivity index (χ4v) is 12.2. The van der Waals surface area contributed by atoms with Gasteiger partial charge in [-0.1, -0.05) is 96.2 Å². The quantitative estimate of drug-likeness (QED) is 0.0389. The average molecular weight is 1210 g/mol. The third-order valence-corrected chi connectivity index (χ3v) is 17.7. The number of unbranched alkanes of at least 4 members (excludes halogenated alkanes) is 4. The van der Waals surface area contributed by atoms with Crippen LogP contribution in [0, 0.1) is 11.8 Å². The second-order valence-electron chi connectivity index (χ2n) is 23.5. The minimum Gasteiger partial charge on any atom is -0.469 e. The van der Waals surface area contributed by atoms with Gasteiger partial charge in [0.2, 0.25) is 47.3 Å².